The van der Waals surface area contributed by atoms with Gasteiger partial charge in [0, 0.05) is 104 Å². The van der Waals surface area contributed by atoms with Crippen LogP contribution in [0.5, 0.6) is 0 Å². The molecule has 9 rings (SSSR count). The van der Waals surface area contributed by atoms with Crippen molar-refractivity contribution in [3.8, 4) is 22.5 Å². The van der Waals surface area contributed by atoms with E-state index >= 15 is 0 Å². The highest BCUT2D eigenvalue weighted by atomic mass is 16.5. The van der Waals surface area contributed by atoms with Crippen LogP contribution in [0.4, 0.5) is 22.0 Å². The summed E-state index contributed by atoms with van der Waals surface area (Å²) in [7, 11) is 0. The number of fused-ring (bicyclic) bond motifs is 1. The number of piperazine rings is 1. The number of imide groups is 1. The minimum absolute atomic E-state index is 0.0499. The van der Waals surface area contributed by atoms with Crippen LogP contribution >= 0.6 is 0 Å². The molecule has 0 bridgehead atoms. The molecule has 4 amide bonds. The fourth-order valence-electron chi connectivity index (χ4n) is 9.15. The molecule has 3 saturated heterocycles. The second-order valence-corrected chi connectivity index (χ2v) is 18.5. The molecule has 64 heavy (non-hydrogen) atoms. The maximum Gasteiger partial charge on any atom is 0.328 e. The Morgan fingerprint density at radius 2 is 1.66 bits per heavy atom. The largest absolute Gasteiger partial charge is 0.372 e. The molecule has 1 atom stereocenters. The van der Waals surface area contributed by atoms with Crippen molar-refractivity contribution in [3.63, 3.8) is 0 Å². The molecule has 332 valence electrons. The fourth-order valence-corrected chi connectivity index (χ4v) is 9.15. The first-order chi connectivity index (χ1) is 30.8. The molecule has 2 aromatic carbocycles. The van der Waals surface area contributed by atoms with Crippen molar-refractivity contribution in [1.82, 2.24) is 45.6 Å². The monoisotopic (exact) mass is 864 g/mol. The number of aromatic amines is 1. The Bertz CT molecular complexity index is 2690. The minimum Gasteiger partial charge on any atom is -0.372 e. The molecule has 6 aromatic rings. The number of aromatic nitrogens is 6. The summed E-state index contributed by atoms with van der Waals surface area (Å²) in [4.78, 5) is 68.0. The van der Waals surface area contributed by atoms with E-state index in [0.717, 1.165) is 120 Å². The first-order valence-electron chi connectivity index (χ1n) is 22.3. The number of nitrogens with one attached hydrogen (secondary N) is 3. The highest BCUT2D eigenvalue weighted by Gasteiger charge is 2.29. The number of carbonyl (C=O) groups excluding carboxylic acids is 3. The number of piperidine rings is 1. The number of benzene rings is 2. The van der Waals surface area contributed by atoms with Crippen molar-refractivity contribution in [2.24, 2.45) is 5.92 Å². The van der Waals surface area contributed by atoms with E-state index in [-0.39, 0.29) is 29.3 Å². The molecule has 0 aliphatic carbocycles. The molecular weight excluding hydrogens is 809 g/mol. The van der Waals surface area contributed by atoms with Crippen molar-refractivity contribution >= 4 is 46.1 Å². The lowest BCUT2D eigenvalue weighted by atomic mass is 9.95. The van der Waals surface area contributed by atoms with Gasteiger partial charge in [-0.15, -0.1) is 0 Å². The van der Waals surface area contributed by atoms with Crippen LogP contribution in [0, 0.1) is 19.8 Å². The number of aryl methyl sites for hydroxylation is 2. The Kier molecular flexibility index (Phi) is 11.6. The van der Waals surface area contributed by atoms with Gasteiger partial charge in [-0.1, -0.05) is 38.1 Å². The van der Waals surface area contributed by atoms with Crippen molar-refractivity contribution < 1.29 is 18.9 Å². The lowest BCUT2D eigenvalue weighted by molar-refractivity contribution is -0.120. The fraction of sp³-hybridized carbons (Fsp3) is 0.417. The van der Waals surface area contributed by atoms with E-state index in [1.54, 1.807) is 11.2 Å². The maximum atomic E-state index is 12.9. The highest BCUT2D eigenvalue weighted by molar-refractivity contribution is 6.06. The summed E-state index contributed by atoms with van der Waals surface area (Å²) in [6.07, 6.45) is 6.13. The molecule has 1 unspecified atom stereocenters. The van der Waals surface area contributed by atoms with Crippen LogP contribution in [0.2, 0.25) is 0 Å². The van der Waals surface area contributed by atoms with Gasteiger partial charge in [-0.05, 0) is 98.7 Å². The molecule has 3 fully saturated rings. The Morgan fingerprint density at radius 3 is 2.34 bits per heavy atom. The number of rotatable bonds is 10. The first-order valence-corrected chi connectivity index (χ1v) is 22.3. The number of nitrogens with zero attached hydrogens (tertiary/aromatic N) is 9. The van der Waals surface area contributed by atoms with Crippen LogP contribution in [0.3, 0.4) is 0 Å². The van der Waals surface area contributed by atoms with E-state index in [4.69, 9.17) is 14.5 Å². The van der Waals surface area contributed by atoms with Gasteiger partial charge < -0.3 is 24.6 Å². The summed E-state index contributed by atoms with van der Waals surface area (Å²) in [5, 5.41) is 10.3. The quantitative estimate of drug-likeness (QED) is 0.129. The molecule has 16 nitrogen and oxygen atoms in total. The molecular formula is C48H56N12O4. The van der Waals surface area contributed by atoms with Gasteiger partial charge in [0.2, 0.25) is 5.91 Å². The molecule has 7 heterocycles. The average molecular weight is 865 g/mol. The number of amides is 4. The molecule has 3 aliphatic heterocycles. The molecule has 16 heteroatoms. The summed E-state index contributed by atoms with van der Waals surface area (Å²) in [6, 6.07) is 18.1. The van der Waals surface area contributed by atoms with Crippen LogP contribution in [0.15, 0.2) is 71.6 Å². The van der Waals surface area contributed by atoms with Gasteiger partial charge in [-0.3, -0.25) is 24.7 Å². The second-order valence-electron chi connectivity index (χ2n) is 18.5. The average Bonchev–Trinajstić information content (AvgIpc) is 3.97. The number of pyridine rings is 1. The van der Waals surface area contributed by atoms with Crippen molar-refractivity contribution in [2.45, 2.75) is 72.3 Å². The van der Waals surface area contributed by atoms with E-state index in [0.29, 0.717) is 24.7 Å². The third kappa shape index (κ3) is 8.91. The second kappa shape index (κ2) is 17.5. The zero-order valence-electron chi connectivity index (χ0n) is 37.4. The lowest BCUT2D eigenvalue weighted by Crippen LogP contribution is -2.49. The van der Waals surface area contributed by atoms with Gasteiger partial charge in [-0.2, -0.15) is 4.98 Å². The predicted molar refractivity (Wildman–Crippen MR) is 246 cm³/mol. The smallest absolute Gasteiger partial charge is 0.328 e. The van der Waals surface area contributed by atoms with Crippen LogP contribution in [-0.4, -0.2) is 105 Å². The summed E-state index contributed by atoms with van der Waals surface area (Å²) in [5.41, 5.74) is 9.16. The Labute approximate surface area is 372 Å². The Balaban J connectivity index is 0.771. The molecule has 0 radical (unpaired) electrons. The van der Waals surface area contributed by atoms with E-state index in [1.807, 2.05) is 65.9 Å². The standard InChI is InChI=1S/C48H56N12O4/c1-29-23-33(7-10-36(29)31(3)52-44(62)45-55-46(56-64-45)48(4,5)6)42-37-25-38(53-43(37)51-28-50-42)34-8-12-40(49-26-34)59-21-19-57(20-22-59)27-32-13-16-58(17-14-32)35-9-11-39(30(2)24-35)60-18-15-41(61)54-47(60)63/h7-12,23-26,28,31-32H,13-22,27H2,1-6H3,(H,52,62)(H,50,51,53)(H,54,61,63). The molecule has 0 saturated carbocycles. The van der Waals surface area contributed by atoms with Gasteiger partial charge in [0.25, 0.3) is 0 Å². The topological polar surface area (TPSA) is 182 Å². The zero-order chi connectivity index (χ0) is 44.7. The molecule has 3 aliphatic rings. The number of H-pyrrole nitrogens is 1. The van der Waals surface area contributed by atoms with E-state index in [2.05, 4.69) is 81.8 Å². The SMILES string of the molecule is Cc1cc(-c2ncnc3[nH]c(-c4ccc(N5CCN(CC6CCN(c7ccc(N8CCC(=O)NC8=O)c(C)c7)CC6)CC5)nc4)cc23)ccc1C(C)NC(=O)c1nc(C(C)(C)C)no1. The Hall–Kier alpha value is -6.68. The van der Waals surface area contributed by atoms with Crippen LogP contribution in [0.1, 0.15) is 86.2 Å². The van der Waals surface area contributed by atoms with E-state index in [9.17, 15) is 14.4 Å². The number of carbonyl (C=O) groups is 3. The zero-order valence-corrected chi connectivity index (χ0v) is 37.4. The van der Waals surface area contributed by atoms with Crippen molar-refractivity contribution in [2.75, 3.05) is 67.1 Å². The number of hydrogen-bond acceptors (Lipinski definition) is 12. The number of urea groups is 1. The third-order valence-electron chi connectivity index (χ3n) is 12.9. The summed E-state index contributed by atoms with van der Waals surface area (Å²) < 4.78 is 5.25. The summed E-state index contributed by atoms with van der Waals surface area (Å²) >= 11 is 0. The van der Waals surface area contributed by atoms with Gasteiger partial charge in [0.05, 0.1) is 11.7 Å². The number of anilines is 3. The van der Waals surface area contributed by atoms with Crippen LogP contribution < -0.4 is 25.3 Å². The van der Waals surface area contributed by atoms with Crippen LogP contribution in [0.25, 0.3) is 33.5 Å². The molecule has 0 spiro atoms. The van der Waals surface area contributed by atoms with Crippen LogP contribution in [-0.2, 0) is 10.2 Å². The first kappa shape index (κ1) is 42.6. The van der Waals surface area contributed by atoms with Gasteiger partial charge >= 0.3 is 17.8 Å². The molecule has 3 N–H and O–H groups in total. The summed E-state index contributed by atoms with van der Waals surface area (Å²) in [6.45, 7) is 19.3. The normalized spacial score (nSPS) is 17.2. The minimum atomic E-state index is -0.411. The number of hydrogen-bond donors (Lipinski definition) is 3. The van der Waals surface area contributed by atoms with E-state index < -0.39 is 5.91 Å². The van der Waals surface area contributed by atoms with Gasteiger partial charge in [-0.25, -0.2) is 19.7 Å². The van der Waals surface area contributed by atoms with Gasteiger partial charge in [0.15, 0.2) is 5.82 Å². The highest BCUT2D eigenvalue weighted by Crippen LogP contribution is 2.33. The van der Waals surface area contributed by atoms with Crippen molar-refractivity contribution in [3.05, 3.63) is 95.5 Å². The predicted octanol–water partition coefficient (Wildman–Crippen LogP) is 6.96. The van der Waals surface area contributed by atoms with Crippen molar-refractivity contribution in [1.29, 1.82) is 0 Å². The lowest BCUT2D eigenvalue weighted by Gasteiger charge is -2.40. The third-order valence-corrected chi connectivity index (χ3v) is 12.9. The van der Waals surface area contributed by atoms with E-state index in [1.165, 1.54) is 5.69 Å². The summed E-state index contributed by atoms with van der Waals surface area (Å²) in [5.74, 6) is 1.45. The Morgan fingerprint density at radius 1 is 0.875 bits per heavy atom. The van der Waals surface area contributed by atoms with Gasteiger partial charge in [0.1, 0.15) is 17.8 Å². The molecule has 4 aromatic heterocycles. The maximum absolute atomic E-state index is 12.9.